The van der Waals surface area contributed by atoms with Gasteiger partial charge < -0.3 is 4.90 Å². The Morgan fingerprint density at radius 1 is 0.824 bits per heavy atom. The normalized spacial score (nSPS) is 13.2. The molecule has 0 spiro atoms. The molecule has 0 aromatic heterocycles. The molecule has 0 amide bonds. The summed E-state index contributed by atoms with van der Waals surface area (Å²) in [5, 5.41) is 0. The zero-order valence-corrected chi connectivity index (χ0v) is 13.1. The third-order valence-corrected chi connectivity index (χ3v) is 3.98. The molecule has 1 nitrogen and oxygen atoms in total. The molecule has 1 atom stereocenters. The third kappa shape index (κ3) is 9.96. The maximum atomic E-state index is 4.47. The molecule has 1 unspecified atom stereocenters. The molecule has 104 valence electrons. The van der Waals surface area contributed by atoms with E-state index in [0.29, 0.717) is 0 Å². The Morgan fingerprint density at radius 3 is 1.82 bits per heavy atom. The van der Waals surface area contributed by atoms with Crippen LogP contribution in [0.25, 0.3) is 0 Å². The Morgan fingerprint density at radius 2 is 1.41 bits per heavy atom. The number of hydrogen-bond donors (Lipinski definition) is 1. The van der Waals surface area contributed by atoms with Gasteiger partial charge in [-0.25, -0.2) is 0 Å². The number of unbranched alkanes of at least 4 members (excludes halogenated alkanes) is 2. The molecule has 17 heavy (non-hydrogen) atoms. The van der Waals surface area contributed by atoms with Crippen molar-refractivity contribution in [2.45, 2.75) is 65.7 Å². The molecule has 0 saturated carbocycles. The van der Waals surface area contributed by atoms with Crippen molar-refractivity contribution in [3.05, 3.63) is 0 Å². The standard InChI is InChI=1S/C15H33NS/c1-4-7-11-16(12-8-5-2)13-10-15(14-17)9-6-3/h15,17H,4-14H2,1-3H3. The second kappa shape index (κ2) is 12.8. The van der Waals surface area contributed by atoms with Crippen LogP contribution in [0, 0.1) is 5.92 Å². The van der Waals surface area contributed by atoms with E-state index in [1.165, 1.54) is 64.6 Å². The minimum absolute atomic E-state index is 0.828. The highest BCUT2D eigenvalue weighted by Crippen LogP contribution is 2.14. The Kier molecular flexibility index (Phi) is 13.0. The lowest BCUT2D eigenvalue weighted by atomic mass is 10.0. The first-order valence-corrected chi connectivity index (χ1v) is 8.24. The van der Waals surface area contributed by atoms with E-state index >= 15 is 0 Å². The first-order chi connectivity index (χ1) is 8.28. The van der Waals surface area contributed by atoms with Crippen LogP contribution in [-0.4, -0.2) is 30.3 Å². The van der Waals surface area contributed by atoms with Gasteiger partial charge in [-0.2, -0.15) is 12.6 Å². The number of rotatable bonds is 12. The monoisotopic (exact) mass is 259 g/mol. The predicted molar refractivity (Wildman–Crippen MR) is 83.1 cm³/mol. The number of hydrogen-bond acceptors (Lipinski definition) is 2. The lowest BCUT2D eigenvalue weighted by Gasteiger charge is -2.24. The van der Waals surface area contributed by atoms with Crippen molar-refractivity contribution in [2.24, 2.45) is 5.92 Å². The van der Waals surface area contributed by atoms with Gasteiger partial charge >= 0.3 is 0 Å². The lowest BCUT2D eigenvalue weighted by Crippen LogP contribution is -2.28. The van der Waals surface area contributed by atoms with Crippen LogP contribution in [0.2, 0.25) is 0 Å². The Balaban J connectivity index is 3.85. The molecule has 0 fully saturated rings. The van der Waals surface area contributed by atoms with Gasteiger partial charge in [-0.3, -0.25) is 0 Å². The minimum Gasteiger partial charge on any atom is -0.303 e. The molecule has 0 aliphatic heterocycles. The van der Waals surface area contributed by atoms with E-state index in [-0.39, 0.29) is 0 Å². The highest BCUT2D eigenvalue weighted by atomic mass is 32.1. The van der Waals surface area contributed by atoms with Crippen LogP contribution in [0.15, 0.2) is 0 Å². The van der Waals surface area contributed by atoms with Gasteiger partial charge in [0.2, 0.25) is 0 Å². The summed E-state index contributed by atoms with van der Waals surface area (Å²) in [4.78, 5) is 2.67. The summed E-state index contributed by atoms with van der Waals surface area (Å²) in [5.41, 5.74) is 0. The Hall–Kier alpha value is 0.310. The van der Waals surface area contributed by atoms with E-state index in [0.717, 1.165) is 11.7 Å². The first kappa shape index (κ1) is 17.3. The fourth-order valence-electron chi connectivity index (χ4n) is 2.20. The minimum atomic E-state index is 0.828. The molecule has 0 aromatic rings. The summed E-state index contributed by atoms with van der Waals surface area (Å²) < 4.78 is 0. The molecule has 0 radical (unpaired) electrons. The molecular weight excluding hydrogens is 226 g/mol. The van der Waals surface area contributed by atoms with Gasteiger partial charge in [-0.1, -0.05) is 40.0 Å². The molecule has 0 N–H and O–H groups in total. The Bertz CT molecular complexity index is 142. The zero-order chi connectivity index (χ0) is 12.9. The fraction of sp³-hybridized carbons (Fsp3) is 1.00. The van der Waals surface area contributed by atoms with Crippen molar-refractivity contribution in [1.29, 1.82) is 0 Å². The quantitative estimate of drug-likeness (QED) is 0.500. The molecule has 0 saturated heterocycles. The van der Waals surface area contributed by atoms with Crippen molar-refractivity contribution in [1.82, 2.24) is 4.90 Å². The summed E-state index contributed by atoms with van der Waals surface area (Å²) in [6.07, 6.45) is 9.31. The average Bonchev–Trinajstić information content (AvgIpc) is 2.36. The highest BCUT2D eigenvalue weighted by Gasteiger charge is 2.09. The number of nitrogens with zero attached hydrogens (tertiary/aromatic N) is 1. The van der Waals surface area contributed by atoms with Crippen molar-refractivity contribution >= 4 is 12.6 Å². The van der Waals surface area contributed by atoms with Crippen LogP contribution in [0.1, 0.15) is 65.7 Å². The van der Waals surface area contributed by atoms with Gasteiger partial charge in [0.25, 0.3) is 0 Å². The van der Waals surface area contributed by atoms with Gasteiger partial charge in [-0.15, -0.1) is 0 Å². The molecule has 0 bridgehead atoms. The summed E-state index contributed by atoms with van der Waals surface area (Å²) in [5.74, 6) is 1.89. The molecule has 0 aliphatic carbocycles. The van der Waals surface area contributed by atoms with Crippen molar-refractivity contribution in [3.63, 3.8) is 0 Å². The average molecular weight is 260 g/mol. The van der Waals surface area contributed by atoms with E-state index in [4.69, 9.17) is 0 Å². The fourth-order valence-corrected chi connectivity index (χ4v) is 2.56. The van der Waals surface area contributed by atoms with Gasteiger partial charge in [0.1, 0.15) is 0 Å². The van der Waals surface area contributed by atoms with Crippen LogP contribution in [0.4, 0.5) is 0 Å². The number of thiol groups is 1. The molecule has 2 heteroatoms. The van der Waals surface area contributed by atoms with E-state index in [1.54, 1.807) is 0 Å². The molecule has 0 aliphatic rings. The second-order valence-electron chi connectivity index (χ2n) is 5.17. The maximum absolute atomic E-state index is 4.47. The van der Waals surface area contributed by atoms with E-state index in [9.17, 15) is 0 Å². The van der Waals surface area contributed by atoms with Crippen LogP contribution in [0.3, 0.4) is 0 Å². The Labute approximate surface area is 115 Å². The largest absolute Gasteiger partial charge is 0.303 e. The van der Waals surface area contributed by atoms with Gasteiger partial charge in [0.15, 0.2) is 0 Å². The van der Waals surface area contributed by atoms with Crippen molar-refractivity contribution < 1.29 is 0 Å². The maximum Gasteiger partial charge on any atom is -0.00158 e. The van der Waals surface area contributed by atoms with Gasteiger partial charge in [0.05, 0.1) is 0 Å². The third-order valence-electron chi connectivity index (χ3n) is 3.46. The van der Waals surface area contributed by atoms with Crippen molar-refractivity contribution in [3.8, 4) is 0 Å². The summed E-state index contributed by atoms with van der Waals surface area (Å²) >= 11 is 4.47. The molecule has 0 aromatic carbocycles. The molecule has 0 rings (SSSR count). The lowest BCUT2D eigenvalue weighted by molar-refractivity contribution is 0.245. The van der Waals surface area contributed by atoms with E-state index < -0.39 is 0 Å². The summed E-state index contributed by atoms with van der Waals surface area (Å²) in [6, 6.07) is 0. The predicted octanol–water partition coefficient (Wildman–Crippen LogP) is 4.62. The van der Waals surface area contributed by atoms with Crippen LogP contribution >= 0.6 is 12.6 Å². The molecule has 0 heterocycles. The van der Waals surface area contributed by atoms with Crippen LogP contribution in [0.5, 0.6) is 0 Å². The van der Waals surface area contributed by atoms with E-state index in [2.05, 4.69) is 38.3 Å². The second-order valence-corrected chi connectivity index (χ2v) is 5.54. The topological polar surface area (TPSA) is 3.24 Å². The summed E-state index contributed by atoms with van der Waals surface area (Å²) in [6.45, 7) is 10.7. The highest BCUT2D eigenvalue weighted by molar-refractivity contribution is 7.80. The first-order valence-electron chi connectivity index (χ1n) is 7.61. The van der Waals surface area contributed by atoms with Crippen LogP contribution in [-0.2, 0) is 0 Å². The zero-order valence-electron chi connectivity index (χ0n) is 12.2. The van der Waals surface area contributed by atoms with E-state index in [1.807, 2.05) is 0 Å². The van der Waals surface area contributed by atoms with Crippen LogP contribution < -0.4 is 0 Å². The van der Waals surface area contributed by atoms with Crippen molar-refractivity contribution in [2.75, 3.05) is 25.4 Å². The summed E-state index contributed by atoms with van der Waals surface area (Å²) in [7, 11) is 0. The van der Waals surface area contributed by atoms with Gasteiger partial charge in [0, 0.05) is 0 Å². The van der Waals surface area contributed by atoms with Gasteiger partial charge in [-0.05, 0) is 57.0 Å². The molecular formula is C15H33NS. The SMILES string of the molecule is CCCCN(CCCC)CCC(CS)CCC. The smallest absolute Gasteiger partial charge is 0.00158 e.